The summed E-state index contributed by atoms with van der Waals surface area (Å²) < 4.78 is 7.61. The van der Waals surface area contributed by atoms with Crippen LogP contribution in [-0.4, -0.2) is 24.1 Å². The van der Waals surface area contributed by atoms with Gasteiger partial charge in [-0.15, -0.1) is 0 Å². The Bertz CT molecular complexity index is 376. The molecule has 1 atom stereocenters. The molecule has 16 heavy (non-hydrogen) atoms. The maximum Gasteiger partial charge on any atom is 0.151 e. The van der Waals surface area contributed by atoms with E-state index >= 15 is 0 Å². The Balaban J connectivity index is 2.02. The topological polar surface area (TPSA) is 31.2 Å². The highest BCUT2D eigenvalue weighted by Crippen LogP contribution is 2.20. The molecule has 1 aliphatic rings. The van der Waals surface area contributed by atoms with E-state index in [0.717, 1.165) is 43.7 Å². The number of aromatic nitrogens is 1. The lowest BCUT2D eigenvalue weighted by molar-refractivity contribution is 0.112. The molecule has 1 saturated heterocycles. The normalized spacial score (nSPS) is 20.2. The van der Waals surface area contributed by atoms with Crippen LogP contribution in [0.25, 0.3) is 0 Å². The molecule has 0 saturated carbocycles. The molecule has 0 bridgehead atoms. The third kappa shape index (κ3) is 2.19. The molecule has 1 aromatic rings. The molecule has 2 rings (SSSR count). The fraction of sp³-hybridized carbons (Fsp3) is 0.615. The second-order valence-corrected chi connectivity index (χ2v) is 4.61. The maximum atomic E-state index is 10.8. The number of aldehydes is 1. The van der Waals surface area contributed by atoms with Crippen molar-refractivity contribution in [2.75, 3.05) is 13.2 Å². The molecule has 88 valence electrons. The Morgan fingerprint density at radius 2 is 2.38 bits per heavy atom. The number of carbonyl (C=O) groups is 1. The molecular weight excluding hydrogens is 202 g/mol. The Morgan fingerprint density at radius 3 is 2.94 bits per heavy atom. The van der Waals surface area contributed by atoms with E-state index in [0.29, 0.717) is 5.92 Å². The van der Waals surface area contributed by atoms with Gasteiger partial charge in [0.25, 0.3) is 0 Å². The minimum atomic E-state index is 0.695. The van der Waals surface area contributed by atoms with Gasteiger partial charge in [0.1, 0.15) is 0 Å². The van der Waals surface area contributed by atoms with Crippen molar-refractivity contribution in [1.29, 1.82) is 0 Å². The molecule has 1 fully saturated rings. The molecule has 0 amide bonds. The smallest absolute Gasteiger partial charge is 0.151 e. The second-order valence-electron chi connectivity index (χ2n) is 4.61. The van der Waals surface area contributed by atoms with Crippen LogP contribution in [0.15, 0.2) is 6.07 Å². The summed E-state index contributed by atoms with van der Waals surface area (Å²) in [5, 5.41) is 0. The van der Waals surface area contributed by atoms with Gasteiger partial charge in [0.05, 0.1) is 0 Å². The van der Waals surface area contributed by atoms with Crippen molar-refractivity contribution in [3.05, 3.63) is 23.0 Å². The highest BCUT2D eigenvalue weighted by Gasteiger charge is 2.16. The predicted molar refractivity (Wildman–Crippen MR) is 62.8 cm³/mol. The van der Waals surface area contributed by atoms with Crippen LogP contribution in [0.4, 0.5) is 0 Å². The van der Waals surface area contributed by atoms with E-state index in [-0.39, 0.29) is 0 Å². The lowest BCUT2D eigenvalue weighted by Gasteiger charge is -2.12. The zero-order valence-electron chi connectivity index (χ0n) is 10.0. The second kappa shape index (κ2) is 4.83. The zero-order chi connectivity index (χ0) is 11.5. The Labute approximate surface area is 96.4 Å². The molecule has 3 heteroatoms. The summed E-state index contributed by atoms with van der Waals surface area (Å²) >= 11 is 0. The van der Waals surface area contributed by atoms with Gasteiger partial charge in [-0.1, -0.05) is 0 Å². The minimum Gasteiger partial charge on any atom is -0.381 e. The summed E-state index contributed by atoms with van der Waals surface area (Å²) in [7, 11) is 0. The van der Waals surface area contributed by atoms with Crippen LogP contribution in [0.1, 0.15) is 34.6 Å². The summed E-state index contributed by atoms with van der Waals surface area (Å²) in [6.45, 7) is 6.89. The van der Waals surface area contributed by atoms with Gasteiger partial charge < -0.3 is 9.30 Å². The average Bonchev–Trinajstić information content (AvgIpc) is 2.86. The molecule has 0 spiro atoms. The highest BCUT2D eigenvalue weighted by atomic mass is 16.5. The number of hydrogen-bond acceptors (Lipinski definition) is 2. The van der Waals surface area contributed by atoms with E-state index < -0.39 is 0 Å². The minimum absolute atomic E-state index is 0.695. The number of ether oxygens (including phenoxy) is 1. The molecule has 2 heterocycles. The summed E-state index contributed by atoms with van der Waals surface area (Å²) in [5.41, 5.74) is 3.09. The van der Waals surface area contributed by atoms with E-state index in [4.69, 9.17) is 4.74 Å². The first kappa shape index (κ1) is 11.4. The molecule has 0 N–H and O–H groups in total. The molecule has 0 aliphatic carbocycles. The van der Waals surface area contributed by atoms with Gasteiger partial charge in [-0.05, 0) is 38.7 Å². The first-order chi connectivity index (χ1) is 7.72. The first-order valence-electron chi connectivity index (χ1n) is 5.92. The van der Waals surface area contributed by atoms with Crippen LogP contribution < -0.4 is 0 Å². The van der Waals surface area contributed by atoms with Crippen molar-refractivity contribution in [1.82, 2.24) is 4.57 Å². The van der Waals surface area contributed by atoms with E-state index in [2.05, 4.69) is 11.5 Å². The molecule has 0 radical (unpaired) electrons. The molecule has 0 aromatic carbocycles. The third-order valence-electron chi connectivity index (χ3n) is 3.52. The van der Waals surface area contributed by atoms with Crippen molar-refractivity contribution in [3.63, 3.8) is 0 Å². The SMILES string of the molecule is Cc1cc(C=O)c(C)n1CCC1CCOC1. The number of nitrogens with zero attached hydrogens (tertiary/aromatic N) is 1. The average molecular weight is 221 g/mol. The van der Waals surface area contributed by atoms with E-state index in [9.17, 15) is 4.79 Å². The van der Waals surface area contributed by atoms with Gasteiger partial charge in [-0.2, -0.15) is 0 Å². The molecule has 3 nitrogen and oxygen atoms in total. The number of hydrogen-bond donors (Lipinski definition) is 0. The molecule has 1 aliphatic heterocycles. The van der Waals surface area contributed by atoms with Crippen LogP contribution in [0.5, 0.6) is 0 Å². The van der Waals surface area contributed by atoms with Crippen molar-refractivity contribution in [2.24, 2.45) is 5.92 Å². The van der Waals surface area contributed by atoms with Crippen molar-refractivity contribution >= 4 is 6.29 Å². The lowest BCUT2D eigenvalue weighted by atomic mass is 10.1. The van der Waals surface area contributed by atoms with Crippen LogP contribution in [0.2, 0.25) is 0 Å². The van der Waals surface area contributed by atoms with Gasteiger partial charge in [0.2, 0.25) is 0 Å². The van der Waals surface area contributed by atoms with Gasteiger partial charge in [-0.3, -0.25) is 4.79 Å². The summed E-state index contributed by atoms with van der Waals surface area (Å²) in [5.74, 6) is 0.695. The van der Waals surface area contributed by atoms with Crippen molar-refractivity contribution < 1.29 is 9.53 Å². The van der Waals surface area contributed by atoms with E-state index in [1.54, 1.807) is 0 Å². The quantitative estimate of drug-likeness (QED) is 0.731. The Kier molecular flexibility index (Phi) is 3.44. The van der Waals surface area contributed by atoms with Gasteiger partial charge in [0.15, 0.2) is 6.29 Å². The maximum absolute atomic E-state index is 10.8. The molecule has 1 unspecified atom stereocenters. The Morgan fingerprint density at radius 1 is 1.56 bits per heavy atom. The van der Waals surface area contributed by atoms with Gasteiger partial charge in [-0.25, -0.2) is 0 Å². The first-order valence-corrected chi connectivity index (χ1v) is 5.92. The fourth-order valence-corrected chi connectivity index (χ4v) is 2.41. The summed E-state index contributed by atoms with van der Waals surface area (Å²) in [6.07, 6.45) is 3.27. The molecular formula is C13H19NO2. The predicted octanol–water partition coefficient (Wildman–Crippen LogP) is 2.34. The summed E-state index contributed by atoms with van der Waals surface area (Å²) in [6, 6.07) is 1.97. The Hall–Kier alpha value is -1.09. The van der Waals surface area contributed by atoms with Crippen LogP contribution in [0, 0.1) is 19.8 Å². The number of rotatable bonds is 4. The number of carbonyl (C=O) groups excluding carboxylic acids is 1. The van der Waals surface area contributed by atoms with Gasteiger partial charge >= 0.3 is 0 Å². The lowest BCUT2D eigenvalue weighted by Crippen LogP contribution is -2.08. The van der Waals surface area contributed by atoms with Crippen LogP contribution >= 0.6 is 0 Å². The van der Waals surface area contributed by atoms with Crippen LogP contribution in [-0.2, 0) is 11.3 Å². The monoisotopic (exact) mass is 221 g/mol. The number of aryl methyl sites for hydroxylation is 1. The third-order valence-corrected chi connectivity index (χ3v) is 3.52. The summed E-state index contributed by atoms with van der Waals surface area (Å²) in [4.78, 5) is 10.8. The largest absolute Gasteiger partial charge is 0.381 e. The van der Waals surface area contributed by atoms with Crippen LogP contribution in [0.3, 0.4) is 0 Å². The highest BCUT2D eigenvalue weighted by molar-refractivity contribution is 5.77. The van der Waals surface area contributed by atoms with Crippen molar-refractivity contribution in [3.8, 4) is 0 Å². The standard InChI is InChI=1S/C13H19NO2/c1-10-7-13(8-15)11(2)14(10)5-3-12-4-6-16-9-12/h7-8,12H,3-6,9H2,1-2H3. The molecule has 1 aromatic heterocycles. The van der Waals surface area contributed by atoms with Crippen molar-refractivity contribution in [2.45, 2.75) is 33.2 Å². The fourth-order valence-electron chi connectivity index (χ4n) is 2.41. The zero-order valence-corrected chi connectivity index (χ0v) is 10.0. The van der Waals surface area contributed by atoms with E-state index in [1.165, 1.54) is 12.1 Å². The van der Waals surface area contributed by atoms with Gasteiger partial charge in [0, 0.05) is 36.7 Å². The van der Waals surface area contributed by atoms with E-state index in [1.807, 2.05) is 13.0 Å².